The van der Waals surface area contributed by atoms with Gasteiger partial charge in [0.15, 0.2) is 5.78 Å². The molecule has 0 rings (SSSR count). The molecule has 110 valence electrons. The molecule has 0 aromatic heterocycles. The molecule has 0 aromatic rings. The van der Waals surface area contributed by atoms with Crippen molar-refractivity contribution in [1.82, 2.24) is 0 Å². The maximum atomic E-state index is 11.0. The molecule has 0 radical (unpaired) electrons. The molecular formula is C11H18O8. The van der Waals surface area contributed by atoms with Crippen LogP contribution in [0.25, 0.3) is 0 Å². The van der Waals surface area contributed by atoms with Crippen LogP contribution in [0.5, 0.6) is 0 Å². The third-order valence-corrected chi connectivity index (χ3v) is 2.18. The number of ketones is 1. The molecular weight excluding hydrogens is 260 g/mol. The van der Waals surface area contributed by atoms with Gasteiger partial charge in [-0.2, -0.15) is 0 Å². The summed E-state index contributed by atoms with van der Waals surface area (Å²) < 4.78 is 4.50. The van der Waals surface area contributed by atoms with Crippen LogP contribution in [0, 0.1) is 0 Å². The first-order valence-electron chi connectivity index (χ1n) is 5.48. The maximum absolute atomic E-state index is 11.0. The predicted octanol–water partition coefficient (Wildman–Crippen LogP) is -2.89. The molecule has 0 aliphatic carbocycles. The third-order valence-electron chi connectivity index (χ3n) is 2.18. The summed E-state index contributed by atoms with van der Waals surface area (Å²) in [6.07, 6.45) is -5.04. The number of carbonyl (C=O) groups is 2. The first kappa shape index (κ1) is 17.7. The zero-order valence-electron chi connectivity index (χ0n) is 10.3. The molecule has 0 saturated heterocycles. The summed E-state index contributed by atoms with van der Waals surface area (Å²) in [6, 6.07) is 0. The second-order valence-corrected chi connectivity index (χ2v) is 3.87. The Hall–Kier alpha value is -1.32. The van der Waals surface area contributed by atoms with E-state index in [2.05, 4.69) is 4.74 Å². The highest BCUT2D eigenvalue weighted by Crippen LogP contribution is 2.05. The van der Waals surface area contributed by atoms with Crippen LogP contribution < -0.4 is 0 Å². The average Bonchev–Trinajstić information content (AvgIpc) is 2.39. The van der Waals surface area contributed by atoms with Crippen molar-refractivity contribution in [3.8, 4) is 0 Å². The fraction of sp³-hybridized carbons (Fsp3) is 0.636. The largest absolute Gasteiger partial charge is 0.460 e. The lowest BCUT2D eigenvalue weighted by Crippen LogP contribution is -2.47. The summed E-state index contributed by atoms with van der Waals surface area (Å²) in [5, 5.41) is 45.6. The number of carbonyl (C=O) groups excluding carboxylic acids is 2. The van der Waals surface area contributed by atoms with E-state index in [0.29, 0.717) is 0 Å². The number of allylic oxidation sites excluding steroid dienone is 1. The minimum Gasteiger partial charge on any atom is -0.460 e. The summed E-state index contributed by atoms with van der Waals surface area (Å²) in [4.78, 5) is 21.6. The fourth-order valence-electron chi connectivity index (χ4n) is 1.06. The van der Waals surface area contributed by atoms with Crippen LogP contribution in [0.3, 0.4) is 0 Å². The highest BCUT2D eigenvalue weighted by molar-refractivity contribution is 5.94. The molecule has 0 aliphatic rings. The fourth-order valence-corrected chi connectivity index (χ4v) is 1.06. The van der Waals surface area contributed by atoms with Gasteiger partial charge in [-0.3, -0.25) is 4.79 Å². The Balaban J connectivity index is 4.20. The standard InChI is InChI=1S/C11H18O8/c1-6(13)2-3-9(16)19-5-8(15)11(18)10(17)7(14)4-12/h2-3,7-8,10-12,14-15,17-18H,4-5H2,1H3/b3-2+/t7-,8-,10-,11-/m1/s1. The van der Waals surface area contributed by atoms with Gasteiger partial charge >= 0.3 is 5.97 Å². The number of esters is 1. The number of ether oxygens (including phenoxy) is 1. The smallest absolute Gasteiger partial charge is 0.330 e. The molecule has 19 heavy (non-hydrogen) atoms. The van der Waals surface area contributed by atoms with Crippen molar-refractivity contribution in [1.29, 1.82) is 0 Å². The highest BCUT2D eigenvalue weighted by Gasteiger charge is 2.30. The topological polar surface area (TPSA) is 145 Å². The van der Waals surface area contributed by atoms with Gasteiger partial charge in [0, 0.05) is 6.08 Å². The number of hydrogen-bond donors (Lipinski definition) is 5. The van der Waals surface area contributed by atoms with Crippen molar-refractivity contribution in [2.45, 2.75) is 31.3 Å². The summed E-state index contributed by atoms with van der Waals surface area (Å²) in [5.41, 5.74) is 0. The molecule has 8 heteroatoms. The molecule has 0 saturated carbocycles. The molecule has 0 bridgehead atoms. The Bertz CT molecular complexity index is 327. The lowest BCUT2D eigenvalue weighted by Gasteiger charge is -2.25. The summed E-state index contributed by atoms with van der Waals surface area (Å²) in [5.74, 6) is -1.27. The van der Waals surface area contributed by atoms with Gasteiger partial charge in [-0.25, -0.2) is 4.79 Å². The lowest BCUT2D eigenvalue weighted by molar-refractivity contribution is -0.151. The first-order valence-corrected chi connectivity index (χ1v) is 5.48. The van der Waals surface area contributed by atoms with Crippen LogP contribution in [-0.2, 0) is 14.3 Å². The van der Waals surface area contributed by atoms with Crippen LogP contribution in [0.2, 0.25) is 0 Å². The van der Waals surface area contributed by atoms with E-state index in [1.165, 1.54) is 6.92 Å². The summed E-state index contributed by atoms with van der Waals surface area (Å²) >= 11 is 0. The zero-order valence-corrected chi connectivity index (χ0v) is 10.3. The van der Waals surface area contributed by atoms with Crippen LogP contribution in [0.1, 0.15) is 6.92 Å². The second kappa shape index (κ2) is 8.73. The van der Waals surface area contributed by atoms with E-state index in [0.717, 1.165) is 12.2 Å². The van der Waals surface area contributed by atoms with Gasteiger partial charge in [-0.15, -0.1) is 0 Å². The normalized spacial score (nSPS) is 17.8. The van der Waals surface area contributed by atoms with E-state index < -0.39 is 43.6 Å². The van der Waals surface area contributed by atoms with Gasteiger partial charge in [0.25, 0.3) is 0 Å². The van der Waals surface area contributed by atoms with Crippen molar-refractivity contribution in [3.63, 3.8) is 0 Å². The highest BCUT2D eigenvalue weighted by atomic mass is 16.5. The van der Waals surface area contributed by atoms with Gasteiger partial charge < -0.3 is 30.3 Å². The molecule has 0 heterocycles. The van der Waals surface area contributed by atoms with Gasteiger partial charge in [0.2, 0.25) is 0 Å². The van der Waals surface area contributed by atoms with Crippen LogP contribution in [0.4, 0.5) is 0 Å². The van der Waals surface area contributed by atoms with E-state index in [1.807, 2.05) is 0 Å². The average molecular weight is 278 g/mol. The van der Waals surface area contributed by atoms with Crippen molar-refractivity contribution in [2.75, 3.05) is 13.2 Å². The lowest BCUT2D eigenvalue weighted by atomic mass is 10.0. The monoisotopic (exact) mass is 278 g/mol. The van der Waals surface area contributed by atoms with Gasteiger partial charge in [0.05, 0.1) is 6.61 Å². The number of rotatable bonds is 8. The van der Waals surface area contributed by atoms with Gasteiger partial charge in [-0.05, 0) is 13.0 Å². The van der Waals surface area contributed by atoms with E-state index in [-0.39, 0.29) is 5.78 Å². The van der Waals surface area contributed by atoms with Crippen LogP contribution in [0.15, 0.2) is 12.2 Å². The molecule has 0 amide bonds. The van der Waals surface area contributed by atoms with E-state index in [9.17, 15) is 24.9 Å². The molecule has 0 spiro atoms. The van der Waals surface area contributed by atoms with Crippen LogP contribution in [-0.4, -0.2) is 74.9 Å². The first-order chi connectivity index (χ1) is 8.79. The number of hydrogen-bond acceptors (Lipinski definition) is 8. The number of aliphatic hydroxyl groups excluding tert-OH is 5. The molecule has 0 aliphatic heterocycles. The Morgan fingerprint density at radius 2 is 1.58 bits per heavy atom. The van der Waals surface area contributed by atoms with Crippen molar-refractivity contribution in [3.05, 3.63) is 12.2 Å². The SMILES string of the molecule is CC(=O)/C=C/C(=O)OC[C@@H](O)[C@@H](O)[C@H](O)[C@H](O)CO. The zero-order chi connectivity index (χ0) is 15.0. The third kappa shape index (κ3) is 6.99. The Kier molecular flexibility index (Phi) is 8.12. The number of aliphatic hydroxyl groups is 5. The minimum atomic E-state index is -1.80. The summed E-state index contributed by atoms with van der Waals surface area (Å²) in [7, 11) is 0. The Morgan fingerprint density at radius 3 is 2.05 bits per heavy atom. The quantitative estimate of drug-likeness (QED) is 0.235. The molecule has 4 atom stereocenters. The molecule has 0 unspecified atom stereocenters. The predicted molar refractivity (Wildman–Crippen MR) is 61.9 cm³/mol. The molecule has 0 fully saturated rings. The van der Waals surface area contributed by atoms with E-state index in [4.69, 9.17) is 10.2 Å². The Morgan fingerprint density at radius 1 is 1.05 bits per heavy atom. The minimum absolute atomic E-state index is 0.362. The molecule has 8 nitrogen and oxygen atoms in total. The van der Waals surface area contributed by atoms with Crippen molar-refractivity contribution in [2.24, 2.45) is 0 Å². The van der Waals surface area contributed by atoms with E-state index >= 15 is 0 Å². The van der Waals surface area contributed by atoms with Crippen molar-refractivity contribution >= 4 is 11.8 Å². The van der Waals surface area contributed by atoms with Crippen molar-refractivity contribution < 1.29 is 39.9 Å². The summed E-state index contributed by atoms with van der Waals surface area (Å²) in [6.45, 7) is -0.210. The molecule has 5 N–H and O–H groups in total. The maximum Gasteiger partial charge on any atom is 0.330 e. The van der Waals surface area contributed by atoms with E-state index in [1.54, 1.807) is 0 Å². The van der Waals surface area contributed by atoms with Gasteiger partial charge in [-0.1, -0.05) is 0 Å². The van der Waals surface area contributed by atoms with Crippen LogP contribution >= 0.6 is 0 Å². The second-order valence-electron chi connectivity index (χ2n) is 3.87. The molecule has 0 aromatic carbocycles. The Labute approximate surface area is 109 Å². The van der Waals surface area contributed by atoms with Gasteiger partial charge in [0.1, 0.15) is 31.0 Å².